The van der Waals surface area contributed by atoms with Crippen molar-refractivity contribution in [2.45, 2.75) is 76.4 Å². The molecule has 1 saturated carbocycles. The van der Waals surface area contributed by atoms with Crippen molar-refractivity contribution in [3.05, 3.63) is 71.0 Å². The van der Waals surface area contributed by atoms with Gasteiger partial charge in [0.05, 0.1) is 11.6 Å². The molecule has 2 amide bonds. The normalized spacial score (nSPS) is 22.8. The first-order valence-electron chi connectivity index (χ1n) is 16.3. The largest absolute Gasteiger partial charge is 0.480 e. The van der Waals surface area contributed by atoms with Gasteiger partial charge in [-0.1, -0.05) is 43.5 Å². The van der Waals surface area contributed by atoms with Crippen molar-refractivity contribution in [2.75, 3.05) is 39.3 Å². The number of nitrogens with zero attached hydrogens (tertiary/aromatic N) is 4. The van der Waals surface area contributed by atoms with Crippen molar-refractivity contribution in [1.29, 1.82) is 5.26 Å². The van der Waals surface area contributed by atoms with E-state index in [1.807, 2.05) is 30.0 Å². The Hall–Kier alpha value is -3.48. The van der Waals surface area contributed by atoms with Gasteiger partial charge in [-0.15, -0.1) is 0 Å². The molecule has 0 bridgehead atoms. The van der Waals surface area contributed by atoms with Crippen LogP contribution < -0.4 is 5.32 Å². The summed E-state index contributed by atoms with van der Waals surface area (Å²) in [4.78, 5) is 32.2. The molecule has 0 spiro atoms. The number of urea groups is 1. The van der Waals surface area contributed by atoms with Crippen molar-refractivity contribution >= 4 is 12.0 Å². The molecule has 44 heavy (non-hydrogen) atoms. The number of carbonyl (C=O) groups is 2. The molecular weight excluding hydrogens is 557 g/mol. The summed E-state index contributed by atoms with van der Waals surface area (Å²) in [5.41, 5.74) is 2.51. The molecule has 0 aromatic heterocycles. The minimum absolute atomic E-state index is 0.0738. The molecule has 1 aliphatic carbocycles. The Morgan fingerprint density at radius 3 is 2.43 bits per heavy atom. The lowest BCUT2D eigenvalue weighted by Crippen LogP contribution is -2.51. The van der Waals surface area contributed by atoms with E-state index in [9.17, 15) is 19.1 Å². The molecule has 5 rings (SSSR count). The SMILES string of the molecule is CCN(C(=O)NCc1ccc(C#N)cc1)C1CCN(C[C@H]2CN([C@@H](C(=O)O)C3CCCCC3)C[C@@H]2c2cccc(F)c2)CC1. The second-order valence-electron chi connectivity index (χ2n) is 12.8. The van der Waals surface area contributed by atoms with Crippen LogP contribution in [-0.2, 0) is 11.3 Å². The van der Waals surface area contributed by atoms with Gasteiger partial charge in [0.25, 0.3) is 0 Å². The number of amides is 2. The molecular formula is C35H46FN5O3. The van der Waals surface area contributed by atoms with Gasteiger partial charge in [0.1, 0.15) is 11.9 Å². The summed E-state index contributed by atoms with van der Waals surface area (Å²) in [5.74, 6) is -0.522. The number of carboxylic acid groups (broad SMARTS) is 1. The van der Waals surface area contributed by atoms with E-state index in [0.717, 1.165) is 69.3 Å². The van der Waals surface area contributed by atoms with Gasteiger partial charge < -0.3 is 20.2 Å². The predicted molar refractivity (Wildman–Crippen MR) is 167 cm³/mol. The van der Waals surface area contributed by atoms with Gasteiger partial charge in [0, 0.05) is 57.8 Å². The average molecular weight is 604 g/mol. The van der Waals surface area contributed by atoms with Gasteiger partial charge >= 0.3 is 12.0 Å². The molecule has 0 radical (unpaired) electrons. The van der Waals surface area contributed by atoms with Crippen LogP contribution in [0.2, 0.25) is 0 Å². The third-order valence-corrected chi connectivity index (χ3v) is 10.1. The van der Waals surface area contributed by atoms with E-state index in [0.29, 0.717) is 31.7 Å². The predicted octanol–water partition coefficient (Wildman–Crippen LogP) is 5.44. The van der Waals surface area contributed by atoms with Crippen molar-refractivity contribution in [1.82, 2.24) is 20.0 Å². The monoisotopic (exact) mass is 603 g/mol. The topological polar surface area (TPSA) is 99.9 Å². The molecule has 2 N–H and O–H groups in total. The van der Waals surface area contributed by atoms with Gasteiger partial charge in [0.2, 0.25) is 0 Å². The number of benzene rings is 2. The Labute approximate surface area is 260 Å². The molecule has 3 aliphatic rings. The number of halogens is 1. The van der Waals surface area contributed by atoms with Gasteiger partial charge in [-0.3, -0.25) is 9.69 Å². The fourth-order valence-corrected chi connectivity index (χ4v) is 7.83. The number of carbonyl (C=O) groups excluding carboxylic acids is 1. The quantitative estimate of drug-likeness (QED) is 0.375. The highest BCUT2D eigenvalue weighted by Crippen LogP contribution is 2.39. The van der Waals surface area contributed by atoms with Crippen LogP contribution in [0.25, 0.3) is 0 Å². The highest BCUT2D eigenvalue weighted by molar-refractivity contribution is 5.74. The fraction of sp³-hybridized carbons (Fsp3) is 0.571. The second kappa shape index (κ2) is 15.0. The Morgan fingerprint density at radius 2 is 1.80 bits per heavy atom. The lowest BCUT2D eigenvalue weighted by Gasteiger charge is -2.39. The van der Waals surface area contributed by atoms with Crippen LogP contribution in [0.5, 0.6) is 0 Å². The zero-order chi connectivity index (χ0) is 31.1. The number of carboxylic acids is 1. The number of hydrogen-bond acceptors (Lipinski definition) is 5. The number of aliphatic carboxylic acids is 1. The Kier molecular flexibility index (Phi) is 10.9. The number of piperidine rings is 1. The molecule has 3 atom stereocenters. The second-order valence-corrected chi connectivity index (χ2v) is 12.8. The number of rotatable bonds is 10. The highest BCUT2D eigenvalue weighted by Gasteiger charge is 2.43. The fourth-order valence-electron chi connectivity index (χ4n) is 7.83. The van der Waals surface area contributed by atoms with Crippen LogP contribution in [0.4, 0.5) is 9.18 Å². The van der Waals surface area contributed by atoms with E-state index < -0.39 is 12.0 Å². The molecule has 3 fully saturated rings. The number of nitriles is 1. The highest BCUT2D eigenvalue weighted by atomic mass is 19.1. The van der Waals surface area contributed by atoms with Gasteiger partial charge in [-0.05, 0) is 79.8 Å². The van der Waals surface area contributed by atoms with Crippen LogP contribution in [0.1, 0.15) is 74.5 Å². The standard InChI is InChI=1S/C35H46FN5O3/c1-2-41(35(44)38-21-26-13-11-25(20-37)12-14-26)31-15-17-39(18-16-31)22-29-23-40(24-32(29)28-9-6-10-30(36)19-28)33(34(42)43)27-7-4-3-5-8-27/h6,9-14,19,27,29,31-33H,2-5,7-8,15-18,21-24H2,1H3,(H,38,44)(H,42,43)/t29-,32+,33+/m0/s1. The number of hydrogen-bond donors (Lipinski definition) is 2. The zero-order valence-corrected chi connectivity index (χ0v) is 25.8. The summed E-state index contributed by atoms with van der Waals surface area (Å²) in [6.45, 7) is 6.95. The summed E-state index contributed by atoms with van der Waals surface area (Å²) in [7, 11) is 0. The Morgan fingerprint density at radius 1 is 1.07 bits per heavy atom. The van der Waals surface area contributed by atoms with E-state index in [1.165, 1.54) is 12.5 Å². The first-order valence-corrected chi connectivity index (χ1v) is 16.3. The van der Waals surface area contributed by atoms with E-state index in [-0.39, 0.29) is 35.6 Å². The van der Waals surface area contributed by atoms with Crippen molar-refractivity contribution in [3.8, 4) is 6.07 Å². The lowest BCUT2D eigenvalue weighted by atomic mass is 9.83. The molecule has 2 aliphatic heterocycles. The van der Waals surface area contributed by atoms with Crippen LogP contribution >= 0.6 is 0 Å². The lowest BCUT2D eigenvalue weighted by molar-refractivity contribution is -0.145. The molecule has 2 aromatic rings. The Bertz CT molecular complexity index is 1300. The van der Waals surface area contributed by atoms with Crippen LogP contribution in [0.3, 0.4) is 0 Å². The molecule has 236 valence electrons. The third-order valence-electron chi connectivity index (χ3n) is 10.1. The van der Waals surface area contributed by atoms with Crippen molar-refractivity contribution in [2.24, 2.45) is 11.8 Å². The van der Waals surface area contributed by atoms with Gasteiger partial charge in [-0.25, -0.2) is 9.18 Å². The summed E-state index contributed by atoms with van der Waals surface area (Å²) < 4.78 is 14.3. The van der Waals surface area contributed by atoms with Crippen molar-refractivity contribution < 1.29 is 19.1 Å². The van der Waals surface area contributed by atoms with Gasteiger partial charge in [0.15, 0.2) is 0 Å². The van der Waals surface area contributed by atoms with Crippen molar-refractivity contribution in [3.63, 3.8) is 0 Å². The first kappa shape index (κ1) is 31.9. The van der Waals surface area contributed by atoms with Crippen LogP contribution in [0, 0.1) is 29.0 Å². The maximum atomic E-state index is 14.3. The summed E-state index contributed by atoms with van der Waals surface area (Å²) in [6, 6.07) is 15.8. The summed E-state index contributed by atoms with van der Waals surface area (Å²) in [6.07, 6.45) is 7.04. The Balaban J connectivity index is 1.20. The van der Waals surface area contributed by atoms with Crippen LogP contribution in [0.15, 0.2) is 48.5 Å². The van der Waals surface area contributed by atoms with E-state index in [2.05, 4.69) is 21.2 Å². The molecule has 9 heteroatoms. The summed E-state index contributed by atoms with van der Waals surface area (Å²) >= 11 is 0. The minimum Gasteiger partial charge on any atom is -0.480 e. The molecule has 2 aromatic carbocycles. The van der Waals surface area contributed by atoms with E-state index in [4.69, 9.17) is 5.26 Å². The molecule has 2 saturated heterocycles. The smallest absolute Gasteiger partial charge is 0.321 e. The average Bonchev–Trinajstić information content (AvgIpc) is 3.44. The summed E-state index contributed by atoms with van der Waals surface area (Å²) in [5, 5.41) is 22.4. The third kappa shape index (κ3) is 7.77. The minimum atomic E-state index is -0.728. The zero-order valence-electron chi connectivity index (χ0n) is 25.8. The maximum absolute atomic E-state index is 14.3. The van der Waals surface area contributed by atoms with Gasteiger partial charge in [-0.2, -0.15) is 5.26 Å². The molecule has 2 heterocycles. The number of nitrogens with one attached hydrogen (secondary N) is 1. The van der Waals surface area contributed by atoms with Crippen LogP contribution in [-0.4, -0.2) is 83.2 Å². The van der Waals surface area contributed by atoms with E-state index >= 15 is 0 Å². The maximum Gasteiger partial charge on any atom is 0.321 e. The molecule has 8 nitrogen and oxygen atoms in total. The van der Waals surface area contributed by atoms with E-state index in [1.54, 1.807) is 24.3 Å². The number of likely N-dealkylation sites (tertiary alicyclic amines) is 2. The first-order chi connectivity index (χ1) is 21.4. The molecule has 0 unspecified atom stereocenters.